The Morgan fingerprint density at radius 1 is 1.21 bits per heavy atom. The fraction of sp³-hybridized carbons (Fsp3) is 1.00. The second kappa shape index (κ2) is 5.69. The normalized spacial score (nSPS) is 27.9. The van der Waals surface area contributed by atoms with Crippen molar-refractivity contribution < 1.29 is 9.47 Å². The van der Waals surface area contributed by atoms with Crippen LogP contribution in [0.15, 0.2) is 0 Å². The van der Waals surface area contributed by atoms with Gasteiger partial charge in [0, 0.05) is 26.7 Å². The van der Waals surface area contributed by atoms with Crippen molar-refractivity contribution in [1.82, 2.24) is 4.90 Å². The van der Waals surface area contributed by atoms with E-state index < -0.39 is 0 Å². The molecule has 2 unspecified atom stereocenters. The van der Waals surface area contributed by atoms with Gasteiger partial charge in [0.25, 0.3) is 0 Å². The first-order chi connectivity index (χ1) is 6.69. The molecule has 0 N–H and O–H groups in total. The van der Waals surface area contributed by atoms with Gasteiger partial charge in [-0.2, -0.15) is 0 Å². The van der Waals surface area contributed by atoms with Gasteiger partial charge in [0.1, 0.15) is 0 Å². The van der Waals surface area contributed by atoms with Crippen molar-refractivity contribution in [3.63, 3.8) is 0 Å². The zero-order valence-corrected chi connectivity index (χ0v) is 9.82. The van der Waals surface area contributed by atoms with Crippen molar-refractivity contribution in [3.05, 3.63) is 0 Å². The Labute approximate surface area is 87.4 Å². The summed E-state index contributed by atoms with van der Waals surface area (Å²) >= 11 is 0. The Kier molecular flexibility index (Phi) is 4.85. The third-order valence-electron chi connectivity index (χ3n) is 3.13. The zero-order valence-electron chi connectivity index (χ0n) is 9.82. The number of rotatable bonds is 5. The summed E-state index contributed by atoms with van der Waals surface area (Å²) in [5, 5.41) is 0. The van der Waals surface area contributed by atoms with E-state index in [1.807, 2.05) is 0 Å². The molecule has 0 amide bonds. The van der Waals surface area contributed by atoms with Crippen molar-refractivity contribution in [2.24, 2.45) is 11.8 Å². The van der Waals surface area contributed by atoms with Gasteiger partial charge < -0.3 is 14.4 Å². The average Bonchev–Trinajstić information content (AvgIpc) is 2.55. The van der Waals surface area contributed by atoms with Crippen LogP contribution in [-0.4, -0.2) is 46.0 Å². The smallest absolute Gasteiger partial charge is 0.159 e. The van der Waals surface area contributed by atoms with E-state index in [0.717, 1.165) is 12.5 Å². The molecule has 1 aliphatic carbocycles. The maximum Gasteiger partial charge on any atom is 0.159 e. The molecule has 0 saturated heterocycles. The van der Waals surface area contributed by atoms with Crippen LogP contribution in [0.3, 0.4) is 0 Å². The van der Waals surface area contributed by atoms with Crippen LogP contribution in [-0.2, 0) is 9.47 Å². The lowest BCUT2D eigenvalue weighted by Crippen LogP contribution is -2.33. The maximum absolute atomic E-state index is 5.35. The molecule has 1 saturated carbocycles. The summed E-state index contributed by atoms with van der Waals surface area (Å²) in [7, 11) is 7.73. The van der Waals surface area contributed by atoms with Crippen LogP contribution in [0.4, 0.5) is 0 Å². The lowest BCUT2D eigenvalue weighted by Gasteiger charge is -2.28. The summed E-state index contributed by atoms with van der Waals surface area (Å²) in [6, 6.07) is 0. The Hall–Kier alpha value is -0.120. The van der Waals surface area contributed by atoms with E-state index in [1.54, 1.807) is 14.2 Å². The minimum atomic E-state index is -0.0116. The molecule has 0 aromatic carbocycles. The minimum Gasteiger partial charge on any atom is -0.356 e. The molecule has 84 valence electrons. The molecule has 1 fully saturated rings. The standard InChI is InChI=1S/C11H23NO2/c1-12(2)8-9-6-5-7-10(9)11(13-3)14-4/h9-11H,5-8H2,1-4H3. The fourth-order valence-corrected chi connectivity index (χ4v) is 2.57. The van der Waals surface area contributed by atoms with Crippen LogP contribution in [0.25, 0.3) is 0 Å². The Morgan fingerprint density at radius 3 is 2.36 bits per heavy atom. The van der Waals surface area contributed by atoms with Gasteiger partial charge in [0.15, 0.2) is 6.29 Å². The van der Waals surface area contributed by atoms with Crippen LogP contribution in [0.5, 0.6) is 0 Å². The summed E-state index contributed by atoms with van der Waals surface area (Å²) in [5.41, 5.74) is 0. The summed E-state index contributed by atoms with van der Waals surface area (Å²) in [6.07, 6.45) is 3.85. The van der Waals surface area contributed by atoms with Gasteiger partial charge >= 0.3 is 0 Å². The van der Waals surface area contributed by atoms with Crippen molar-refractivity contribution >= 4 is 0 Å². The van der Waals surface area contributed by atoms with E-state index >= 15 is 0 Å². The first kappa shape index (κ1) is 12.0. The van der Waals surface area contributed by atoms with Crippen LogP contribution < -0.4 is 0 Å². The van der Waals surface area contributed by atoms with Crippen molar-refractivity contribution in [2.45, 2.75) is 25.6 Å². The molecule has 0 spiro atoms. The van der Waals surface area contributed by atoms with Crippen LogP contribution in [0.2, 0.25) is 0 Å². The van der Waals surface area contributed by atoms with Gasteiger partial charge in [-0.25, -0.2) is 0 Å². The maximum atomic E-state index is 5.35. The van der Waals surface area contributed by atoms with Gasteiger partial charge in [-0.3, -0.25) is 0 Å². The molecular formula is C11H23NO2. The Balaban J connectivity index is 2.49. The summed E-state index contributed by atoms with van der Waals surface area (Å²) in [6.45, 7) is 1.15. The third-order valence-corrected chi connectivity index (χ3v) is 3.13. The third kappa shape index (κ3) is 2.94. The molecule has 1 rings (SSSR count). The van der Waals surface area contributed by atoms with Gasteiger partial charge in [0.2, 0.25) is 0 Å². The molecule has 14 heavy (non-hydrogen) atoms. The average molecular weight is 201 g/mol. The van der Waals surface area contributed by atoms with E-state index in [4.69, 9.17) is 9.47 Å². The number of hydrogen-bond donors (Lipinski definition) is 0. The highest BCUT2D eigenvalue weighted by molar-refractivity contribution is 4.81. The first-order valence-electron chi connectivity index (χ1n) is 5.39. The van der Waals surface area contributed by atoms with Gasteiger partial charge in [-0.05, 0) is 32.9 Å². The number of methoxy groups -OCH3 is 2. The van der Waals surface area contributed by atoms with E-state index in [2.05, 4.69) is 19.0 Å². The highest BCUT2D eigenvalue weighted by atomic mass is 16.7. The van der Waals surface area contributed by atoms with Gasteiger partial charge in [0.05, 0.1) is 0 Å². The van der Waals surface area contributed by atoms with E-state index in [9.17, 15) is 0 Å². The lowest BCUT2D eigenvalue weighted by molar-refractivity contribution is -0.145. The Morgan fingerprint density at radius 2 is 1.86 bits per heavy atom. The quantitative estimate of drug-likeness (QED) is 0.630. The largest absolute Gasteiger partial charge is 0.356 e. The molecule has 0 aromatic heterocycles. The highest BCUT2D eigenvalue weighted by Crippen LogP contribution is 2.35. The highest BCUT2D eigenvalue weighted by Gasteiger charge is 2.34. The Bertz CT molecular complexity index is 157. The molecule has 0 aromatic rings. The minimum absolute atomic E-state index is 0.0116. The monoisotopic (exact) mass is 201 g/mol. The first-order valence-corrected chi connectivity index (χ1v) is 5.39. The van der Waals surface area contributed by atoms with Gasteiger partial charge in [-0.15, -0.1) is 0 Å². The molecular weight excluding hydrogens is 178 g/mol. The second-order valence-electron chi connectivity index (χ2n) is 4.46. The summed E-state index contributed by atoms with van der Waals surface area (Å²) < 4.78 is 10.7. The molecule has 0 radical (unpaired) electrons. The molecule has 2 atom stereocenters. The number of hydrogen-bond acceptors (Lipinski definition) is 3. The van der Waals surface area contributed by atoms with Crippen LogP contribution >= 0.6 is 0 Å². The van der Waals surface area contributed by atoms with Crippen molar-refractivity contribution in [2.75, 3.05) is 34.9 Å². The van der Waals surface area contributed by atoms with Gasteiger partial charge in [-0.1, -0.05) is 6.42 Å². The molecule has 0 aliphatic heterocycles. The molecule has 1 aliphatic rings. The SMILES string of the molecule is COC(OC)C1CCCC1CN(C)C. The molecule has 0 heterocycles. The summed E-state index contributed by atoms with van der Waals surface area (Å²) in [4.78, 5) is 2.26. The molecule has 3 heteroatoms. The van der Waals surface area contributed by atoms with Crippen molar-refractivity contribution in [3.8, 4) is 0 Å². The lowest BCUT2D eigenvalue weighted by atomic mass is 9.95. The van der Waals surface area contributed by atoms with E-state index in [-0.39, 0.29) is 6.29 Å². The van der Waals surface area contributed by atoms with Crippen LogP contribution in [0.1, 0.15) is 19.3 Å². The van der Waals surface area contributed by atoms with Crippen molar-refractivity contribution in [1.29, 1.82) is 0 Å². The number of nitrogens with zero attached hydrogens (tertiary/aromatic N) is 1. The molecule has 3 nitrogen and oxygen atoms in total. The topological polar surface area (TPSA) is 21.7 Å². The predicted molar refractivity (Wildman–Crippen MR) is 57.2 cm³/mol. The fourth-order valence-electron chi connectivity index (χ4n) is 2.57. The van der Waals surface area contributed by atoms with Crippen LogP contribution in [0, 0.1) is 11.8 Å². The number of ether oxygens (including phenoxy) is 2. The zero-order chi connectivity index (χ0) is 10.6. The van der Waals surface area contributed by atoms with E-state index in [0.29, 0.717) is 5.92 Å². The molecule has 0 bridgehead atoms. The second-order valence-corrected chi connectivity index (χ2v) is 4.46. The van der Waals surface area contributed by atoms with E-state index in [1.165, 1.54) is 19.3 Å². The predicted octanol–water partition coefficient (Wildman–Crippen LogP) is 1.58. The summed E-state index contributed by atoms with van der Waals surface area (Å²) in [5.74, 6) is 1.31.